The SMILES string of the molecule is CCC=CCC=CCC=CCCCCCCCCCCCC(=O)OC. The van der Waals surface area contributed by atoms with Crippen LogP contribution in [0.2, 0.25) is 0 Å². The fourth-order valence-corrected chi connectivity index (χ4v) is 2.70. The molecule has 0 aliphatic heterocycles. The molecule has 0 aromatic heterocycles. The van der Waals surface area contributed by atoms with Crippen LogP contribution in [0.3, 0.4) is 0 Å². The molecule has 0 aliphatic carbocycles. The summed E-state index contributed by atoms with van der Waals surface area (Å²) in [7, 11) is 1.46. The number of hydrogen-bond acceptors (Lipinski definition) is 2. The van der Waals surface area contributed by atoms with Crippen LogP contribution in [-0.2, 0) is 9.53 Å². The maximum absolute atomic E-state index is 11.0. The van der Waals surface area contributed by atoms with Gasteiger partial charge in [-0.3, -0.25) is 4.79 Å². The Morgan fingerprint density at radius 3 is 1.72 bits per heavy atom. The minimum atomic E-state index is -0.0748. The van der Waals surface area contributed by atoms with Crippen molar-refractivity contribution < 1.29 is 9.53 Å². The van der Waals surface area contributed by atoms with Crippen LogP contribution in [0, 0.1) is 0 Å². The van der Waals surface area contributed by atoms with Crippen molar-refractivity contribution in [3.05, 3.63) is 36.5 Å². The molecule has 0 heterocycles. The zero-order valence-corrected chi connectivity index (χ0v) is 16.7. The first kappa shape index (κ1) is 23.7. The van der Waals surface area contributed by atoms with Crippen molar-refractivity contribution in [3.63, 3.8) is 0 Å². The van der Waals surface area contributed by atoms with Crippen molar-refractivity contribution in [1.82, 2.24) is 0 Å². The molecule has 2 nitrogen and oxygen atoms in total. The van der Waals surface area contributed by atoms with Crippen LogP contribution in [0.4, 0.5) is 0 Å². The van der Waals surface area contributed by atoms with Gasteiger partial charge in [-0.15, -0.1) is 0 Å². The fraction of sp³-hybridized carbons (Fsp3) is 0.696. The summed E-state index contributed by atoms with van der Waals surface area (Å²) in [6, 6.07) is 0. The van der Waals surface area contributed by atoms with Crippen LogP contribution in [-0.4, -0.2) is 13.1 Å². The predicted octanol–water partition coefficient (Wildman–Crippen LogP) is 7.31. The summed E-state index contributed by atoms with van der Waals surface area (Å²) in [5, 5.41) is 0. The highest BCUT2D eigenvalue weighted by molar-refractivity contribution is 5.68. The Morgan fingerprint density at radius 2 is 1.16 bits per heavy atom. The zero-order chi connectivity index (χ0) is 18.4. The molecular formula is C23H40O2. The van der Waals surface area contributed by atoms with Gasteiger partial charge in [0.05, 0.1) is 7.11 Å². The van der Waals surface area contributed by atoms with Gasteiger partial charge in [0.15, 0.2) is 0 Å². The summed E-state index contributed by atoms with van der Waals surface area (Å²) >= 11 is 0. The summed E-state index contributed by atoms with van der Waals surface area (Å²) in [5.41, 5.74) is 0. The van der Waals surface area contributed by atoms with E-state index in [1.807, 2.05) is 0 Å². The molecule has 0 saturated carbocycles. The molecule has 0 N–H and O–H groups in total. The third-order valence-corrected chi connectivity index (χ3v) is 4.26. The van der Waals surface area contributed by atoms with Crippen molar-refractivity contribution >= 4 is 5.97 Å². The second-order valence-corrected chi connectivity index (χ2v) is 6.59. The normalized spacial score (nSPS) is 11.9. The van der Waals surface area contributed by atoms with E-state index in [-0.39, 0.29) is 5.97 Å². The van der Waals surface area contributed by atoms with Gasteiger partial charge in [0, 0.05) is 6.42 Å². The Bertz CT molecular complexity index is 366. The van der Waals surface area contributed by atoms with Crippen molar-refractivity contribution in [3.8, 4) is 0 Å². The molecule has 0 unspecified atom stereocenters. The van der Waals surface area contributed by atoms with E-state index in [0.29, 0.717) is 6.42 Å². The third-order valence-electron chi connectivity index (χ3n) is 4.26. The molecule has 0 amide bonds. The summed E-state index contributed by atoms with van der Waals surface area (Å²) < 4.78 is 4.64. The maximum Gasteiger partial charge on any atom is 0.305 e. The maximum atomic E-state index is 11.0. The number of unbranched alkanes of at least 4 members (excludes halogenated alkanes) is 9. The van der Waals surface area contributed by atoms with Gasteiger partial charge < -0.3 is 4.74 Å². The van der Waals surface area contributed by atoms with Crippen LogP contribution < -0.4 is 0 Å². The molecule has 0 rings (SSSR count). The van der Waals surface area contributed by atoms with E-state index < -0.39 is 0 Å². The molecule has 0 bridgehead atoms. The molecule has 25 heavy (non-hydrogen) atoms. The molecule has 0 atom stereocenters. The molecule has 0 aliphatic rings. The molecule has 0 spiro atoms. The monoisotopic (exact) mass is 348 g/mol. The lowest BCUT2D eigenvalue weighted by molar-refractivity contribution is -0.140. The number of esters is 1. The Balaban J connectivity index is 3.19. The molecule has 144 valence electrons. The predicted molar refractivity (Wildman–Crippen MR) is 110 cm³/mol. The molecule has 0 saturated heterocycles. The van der Waals surface area contributed by atoms with E-state index in [1.165, 1.54) is 58.5 Å². The Hall–Kier alpha value is -1.31. The average Bonchev–Trinajstić information content (AvgIpc) is 2.63. The number of hydrogen-bond donors (Lipinski definition) is 0. The van der Waals surface area contributed by atoms with E-state index in [0.717, 1.165) is 32.1 Å². The van der Waals surface area contributed by atoms with E-state index in [2.05, 4.69) is 48.1 Å². The van der Waals surface area contributed by atoms with Crippen LogP contribution in [0.5, 0.6) is 0 Å². The van der Waals surface area contributed by atoms with Gasteiger partial charge in [-0.1, -0.05) is 88.3 Å². The molecule has 0 aromatic rings. The van der Waals surface area contributed by atoms with Crippen LogP contribution in [0.15, 0.2) is 36.5 Å². The van der Waals surface area contributed by atoms with Crippen molar-refractivity contribution in [1.29, 1.82) is 0 Å². The molecule has 0 fully saturated rings. The number of rotatable bonds is 17. The van der Waals surface area contributed by atoms with Gasteiger partial charge in [-0.2, -0.15) is 0 Å². The molecular weight excluding hydrogens is 308 g/mol. The van der Waals surface area contributed by atoms with Gasteiger partial charge in [0.2, 0.25) is 0 Å². The van der Waals surface area contributed by atoms with E-state index in [4.69, 9.17) is 0 Å². The second kappa shape index (κ2) is 20.7. The van der Waals surface area contributed by atoms with E-state index in [9.17, 15) is 4.79 Å². The standard InChI is InChI=1S/C23H40O2/c1-3-4-5-6-7-8-9-10-11-12-13-14-15-16-17-18-19-20-21-22-23(24)25-2/h4-5,7-8,10-11H,3,6,9,12-22H2,1-2H3. The van der Waals surface area contributed by atoms with E-state index in [1.54, 1.807) is 0 Å². The first-order valence-electron chi connectivity index (χ1n) is 10.3. The Kier molecular flexibility index (Phi) is 19.6. The zero-order valence-electron chi connectivity index (χ0n) is 16.7. The largest absolute Gasteiger partial charge is 0.469 e. The first-order chi connectivity index (χ1) is 12.3. The summed E-state index contributed by atoms with van der Waals surface area (Å²) in [4.78, 5) is 11.0. The smallest absolute Gasteiger partial charge is 0.305 e. The van der Waals surface area contributed by atoms with Gasteiger partial charge in [-0.05, 0) is 38.5 Å². The quantitative estimate of drug-likeness (QED) is 0.156. The van der Waals surface area contributed by atoms with Crippen LogP contribution in [0.1, 0.15) is 96.8 Å². The fourth-order valence-electron chi connectivity index (χ4n) is 2.70. The van der Waals surface area contributed by atoms with Crippen molar-refractivity contribution in [2.24, 2.45) is 0 Å². The summed E-state index contributed by atoms with van der Waals surface area (Å²) in [6.07, 6.45) is 30.0. The number of allylic oxidation sites excluding steroid dienone is 6. The summed E-state index contributed by atoms with van der Waals surface area (Å²) in [6.45, 7) is 2.17. The highest BCUT2D eigenvalue weighted by atomic mass is 16.5. The lowest BCUT2D eigenvalue weighted by Crippen LogP contribution is -1.99. The lowest BCUT2D eigenvalue weighted by Gasteiger charge is -2.02. The van der Waals surface area contributed by atoms with Gasteiger partial charge in [0.25, 0.3) is 0 Å². The Morgan fingerprint density at radius 1 is 0.680 bits per heavy atom. The first-order valence-corrected chi connectivity index (χ1v) is 10.3. The van der Waals surface area contributed by atoms with Gasteiger partial charge in [-0.25, -0.2) is 0 Å². The number of ether oxygens (including phenoxy) is 1. The highest BCUT2D eigenvalue weighted by Gasteiger charge is 1.98. The highest BCUT2D eigenvalue weighted by Crippen LogP contribution is 2.11. The Labute approximate surface area is 156 Å². The van der Waals surface area contributed by atoms with E-state index >= 15 is 0 Å². The molecule has 0 radical (unpaired) electrons. The summed E-state index contributed by atoms with van der Waals surface area (Å²) in [5.74, 6) is -0.0748. The van der Waals surface area contributed by atoms with Crippen molar-refractivity contribution in [2.45, 2.75) is 96.8 Å². The number of methoxy groups -OCH3 is 1. The third kappa shape index (κ3) is 20.6. The second-order valence-electron chi connectivity index (χ2n) is 6.59. The number of carbonyl (C=O) groups excluding carboxylic acids is 1. The molecule has 0 aromatic carbocycles. The lowest BCUT2D eigenvalue weighted by atomic mass is 10.1. The number of carbonyl (C=O) groups is 1. The van der Waals surface area contributed by atoms with Crippen LogP contribution >= 0.6 is 0 Å². The molecule has 2 heteroatoms. The van der Waals surface area contributed by atoms with Gasteiger partial charge in [0.1, 0.15) is 0 Å². The minimum Gasteiger partial charge on any atom is -0.469 e. The van der Waals surface area contributed by atoms with Crippen molar-refractivity contribution in [2.75, 3.05) is 7.11 Å². The van der Waals surface area contributed by atoms with Gasteiger partial charge >= 0.3 is 5.97 Å². The van der Waals surface area contributed by atoms with Crippen LogP contribution in [0.25, 0.3) is 0 Å². The topological polar surface area (TPSA) is 26.3 Å². The minimum absolute atomic E-state index is 0.0748. The average molecular weight is 349 g/mol.